The molecule has 37 heavy (non-hydrogen) atoms. The highest BCUT2D eigenvalue weighted by molar-refractivity contribution is 5.85. The second-order valence-corrected chi connectivity index (χ2v) is 8.84. The van der Waals surface area contributed by atoms with Crippen LogP contribution in [0.4, 0.5) is 10.2 Å². The molecule has 5 rings (SSSR count). The Hall–Kier alpha value is -4.40. The van der Waals surface area contributed by atoms with Crippen molar-refractivity contribution in [2.45, 2.75) is 25.4 Å². The minimum Gasteiger partial charge on any atom is -0.492 e. The van der Waals surface area contributed by atoms with Gasteiger partial charge in [-0.1, -0.05) is 17.9 Å². The fourth-order valence-corrected chi connectivity index (χ4v) is 4.61. The molecule has 0 atom stereocenters. The van der Waals surface area contributed by atoms with Gasteiger partial charge in [0.2, 0.25) is 0 Å². The van der Waals surface area contributed by atoms with Gasteiger partial charge in [-0.15, -0.1) is 0 Å². The highest BCUT2D eigenvalue weighted by atomic mass is 19.1. The molecule has 1 fully saturated rings. The van der Waals surface area contributed by atoms with Crippen molar-refractivity contribution in [1.82, 2.24) is 14.6 Å². The van der Waals surface area contributed by atoms with Crippen molar-refractivity contribution < 1.29 is 13.9 Å². The number of pyridine rings is 2. The SMILES string of the molecule is CCOc1cc(-c2ccc(N3CCC(C#Cc4cccc(F)c4)(OC)CC3)nc2)c2c(C#N)cnn2c1. The highest BCUT2D eigenvalue weighted by Gasteiger charge is 2.33. The van der Waals surface area contributed by atoms with Gasteiger partial charge in [0.05, 0.1) is 30.1 Å². The maximum Gasteiger partial charge on any atom is 0.138 e. The molecule has 4 heterocycles. The number of methoxy groups -OCH3 is 1. The van der Waals surface area contributed by atoms with Crippen LogP contribution in [-0.4, -0.2) is 47.0 Å². The Bertz CT molecular complexity index is 1520. The number of aromatic nitrogens is 3. The smallest absolute Gasteiger partial charge is 0.138 e. The summed E-state index contributed by atoms with van der Waals surface area (Å²) < 4.78 is 26.7. The molecule has 7 nitrogen and oxygen atoms in total. The molecule has 0 aliphatic carbocycles. The summed E-state index contributed by atoms with van der Waals surface area (Å²) in [5.74, 6) is 7.54. The third-order valence-corrected chi connectivity index (χ3v) is 6.62. The van der Waals surface area contributed by atoms with Gasteiger partial charge in [-0.3, -0.25) is 0 Å². The second-order valence-electron chi connectivity index (χ2n) is 8.84. The van der Waals surface area contributed by atoms with Gasteiger partial charge in [-0.05, 0) is 43.3 Å². The first-order valence-electron chi connectivity index (χ1n) is 12.1. The van der Waals surface area contributed by atoms with Crippen molar-refractivity contribution in [1.29, 1.82) is 5.26 Å². The molecule has 0 N–H and O–H groups in total. The van der Waals surface area contributed by atoms with Crippen LogP contribution in [0.15, 0.2) is 61.1 Å². The van der Waals surface area contributed by atoms with E-state index < -0.39 is 5.60 Å². The number of anilines is 1. The van der Waals surface area contributed by atoms with Crippen LogP contribution in [0.5, 0.6) is 5.75 Å². The van der Waals surface area contributed by atoms with Crippen LogP contribution in [0, 0.1) is 29.0 Å². The van der Waals surface area contributed by atoms with Gasteiger partial charge in [0.15, 0.2) is 0 Å². The summed E-state index contributed by atoms with van der Waals surface area (Å²) in [6, 6.07) is 14.4. The normalized spacial score (nSPS) is 14.6. The molecule has 8 heteroatoms. The molecule has 3 aromatic heterocycles. The van der Waals surface area contributed by atoms with E-state index in [1.807, 2.05) is 31.3 Å². The van der Waals surface area contributed by atoms with Gasteiger partial charge in [-0.25, -0.2) is 13.9 Å². The van der Waals surface area contributed by atoms with Gasteiger partial charge >= 0.3 is 0 Å². The molecule has 1 aromatic carbocycles. The van der Waals surface area contributed by atoms with E-state index in [-0.39, 0.29) is 5.82 Å². The van der Waals surface area contributed by atoms with Gasteiger partial charge in [0.1, 0.15) is 29.1 Å². The van der Waals surface area contributed by atoms with Crippen LogP contribution in [0.1, 0.15) is 30.9 Å². The molecule has 4 aromatic rings. The summed E-state index contributed by atoms with van der Waals surface area (Å²) in [6.07, 6.45) is 6.55. The Morgan fingerprint density at radius 2 is 1.97 bits per heavy atom. The lowest BCUT2D eigenvalue weighted by Crippen LogP contribution is -2.45. The Kier molecular flexibility index (Phi) is 6.76. The fraction of sp³-hybridized carbons (Fsp3) is 0.276. The number of benzene rings is 1. The largest absolute Gasteiger partial charge is 0.492 e. The first-order valence-corrected chi connectivity index (χ1v) is 12.1. The predicted molar refractivity (Wildman–Crippen MR) is 139 cm³/mol. The van der Waals surface area contributed by atoms with Gasteiger partial charge < -0.3 is 14.4 Å². The monoisotopic (exact) mass is 495 g/mol. The molecule has 1 aliphatic rings. The van der Waals surface area contributed by atoms with Crippen molar-refractivity contribution in [3.8, 4) is 34.8 Å². The highest BCUT2D eigenvalue weighted by Crippen LogP contribution is 2.32. The summed E-state index contributed by atoms with van der Waals surface area (Å²) in [4.78, 5) is 6.94. The van der Waals surface area contributed by atoms with E-state index in [0.29, 0.717) is 36.3 Å². The Morgan fingerprint density at radius 3 is 2.65 bits per heavy atom. The van der Waals surface area contributed by atoms with E-state index in [1.165, 1.54) is 12.1 Å². The molecule has 0 radical (unpaired) electrons. The lowest BCUT2D eigenvalue weighted by atomic mass is 9.91. The van der Waals surface area contributed by atoms with Crippen LogP contribution in [0.25, 0.3) is 16.6 Å². The van der Waals surface area contributed by atoms with Gasteiger partial charge in [-0.2, -0.15) is 10.4 Å². The summed E-state index contributed by atoms with van der Waals surface area (Å²) in [5, 5.41) is 13.9. The van der Waals surface area contributed by atoms with E-state index >= 15 is 0 Å². The number of ether oxygens (including phenoxy) is 2. The maximum atomic E-state index is 13.5. The van der Waals surface area contributed by atoms with E-state index in [1.54, 1.807) is 36.2 Å². The predicted octanol–water partition coefficient (Wildman–Crippen LogP) is 4.84. The van der Waals surface area contributed by atoms with Crippen LogP contribution in [0.2, 0.25) is 0 Å². The molecule has 186 valence electrons. The molecule has 0 saturated carbocycles. The zero-order chi connectivity index (χ0) is 25.8. The Morgan fingerprint density at radius 1 is 1.14 bits per heavy atom. The van der Waals surface area contributed by atoms with Crippen molar-refractivity contribution in [2.75, 3.05) is 31.7 Å². The molecular weight excluding hydrogens is 469 g/mol. The number of nitrogens with zero attached hydrogens (tertiary/aromatic N) is 5. The van der Waals surface area contributed by atoms with Crippen molar-refractivity contribution in [2.24, 2.45) is 0 Å². The van der Waals surface area contributed by atoms with E-state index in [2.05, 4.69) is 27.9 Å². The third kappa shape index (κ3) is 4.97. The summed E-state index contributed by atoms with van der Waals surface area (Å²) in [7, 11) is 1.67. The summed E-state index contributed by atoms with van der Waals surface area (Å²) >= 11 is 0. The van der Waals surface area contributed by atoms with Crippen LogP contribution >= 0.6 is 0 Å². The van der Waals surface area contributed by atoms with E-state index in [9.17, 15) is 9.65 Å². The van der Waals surface area contributed by atoms with Crippen molar-refractivity contribution in [3.63, 3.8) is 0 Å². The van der Waals surface area contributed by atoms with Gasteiger partial charge in [0, 0.05) is 55.9 Å². The standard InChI is InChI=1S/C29H26FN5O2/c1-3-37-25-16-26(28-23(17-31)19-33-35(28)20-25)22-7-8-27(32-18-22)34-13-11-29(36-2,12-14-34)10-9-21-5-4-6-24(30)15-21/h4-8,15-16,18-20H,3,11-14H2,1-2H3. The fourth-order valence-electron chi connectivity index (χ4n) is 4.61. The van der Waals surface area contributed by atoms with Crippen molar-refractivity contribution in [3.05, 3.63) is 78.0 Å². The number of halogens is 1. The van der Waals surface area contributed by atoms with E-state index in [4.69, 9.17) is 14.5 Å². The minimum absolute atomic E-state index is 0.301. The zero-order valence-corrected chi connectivity index (χ0v) is 20.7. The van der Waals surface area contributed by atoms with Gasteiger partial charge in [0.25, 0.3) is 0 Å². The molecular formula is C29H26FN5O2. The Labute approximate surface area is 215 Å². The summed E-state index contributed by atoms with van der Waals surface area (Å²) in [6.45, 7) is 3.90. The Balaban J connectivity index is 1.36. The number of piperidine rings is 1. The maximum absolute atomic E-state index is 13.5. The number of fused-ring (bicyclic) bond motifs is 1. The lowest BCUT2D eigenvalue weighted by Gasteiger charge is -2.38. The van der Waals surface area contributed by atoms with Crippen LogP contribution in [0.3, 0.4) is 0 Å². The molecule has 0 unspecified atom stereocenters. The average molecular weight is 496 g/mol. The minimum atomic E-state index is -0.580. The topological polar surface area (TPSA) is 75.7 Å². The first-order chi connectivity index (χ1) is 18.0. The number of hydrogen-bond donors (Lipinski definition) is 0. The molecule has 0 spiro atoms. The first kappa shape index (κ1) is 24.3. The molecule has 1 saturated heterocycles. The quantitative estimate of drug-likeness (QED) is 0.369. The third-order valence-electron chi connectivity index (χ3n) is 6.62. The number of nitriles is 1. The van der Waals surface area contributed by atoms with Crippen molar-refractivity contribution >= 4 is 11.3 Å². The van der Waals surface area contributed by atoms with E-state index in [0.717, 1.165) is 35.6 Å². The zero-order valence-electron chi connectivity index (χ0n) is 20.7. The molecule has 0 amide bonds. The summed E-state index contributed by atoms with van der Waals surface area (Å²) in [5.41, 5.74) is 2.98. The number of hydrogen-bond acceptors (Lipinski definition) is 6. The van der Waals surface area contributed by atoms with Crippen LogP contribution < -0.4 is 9.64 Å². The second kappa shape index (κ2) is 10.3. The molecule has 0 bridgehead atoms. The lowest BCUT2D eigenvalue weighted by molar-refractivity contribution is 0.0207. The van der Waals surface area contributed by atoms with Crippen LogP contribution in [-0.2, 0) is 4.74 Å². The molecule has 1 aliphatic heterocycles. The number of rotatable bonds is 5. The average Bonchev–Trinajstić information content (AvgIpc) is 3.35.